The number of hydrogen-bond acceptors (Lipinski definition) is 3. The van der Waals surface area contributed by atoms with Crippen molar-refractivity contribution in [3.05, 3.63) is 30.1 Å². The zero-order chi connectivity index (χ0) is 14.3. The van der Waals surface area contributed by atoms with Gasteiger partial charge in [0.25, 0.3) is 0 Å². The van der Waals surface area contributed by atoms with E-state index in [1.807, 2.05) is 18.2 Å². The molecule has 0 bridgehead atoms. The molecule has 0 atom stereocenters. The Labute approximate surface area is 124 Å². The van der Waals surface area contributed by atoms with E-state index in [2.05, 4.69) is 20.9 Å². The molecule has 0 unspecified atom stereocenters. The third-order valence-electron chi connectivity index (χ3n) is 5.28. The molecule has 1 saturated heterocycles. The van der Waals surface area contributed by atoms with E-state index in [0.29, 0.717) is 5.78 Å². The summed E-state index contributed by atoms with van der Waals surface area (Å²) in [6, 6.07) is 8.15. The number of nitrogens with one attached hydrogen (secondary N) is 1. The molecule has 110 valence electrons. The Morgan fingerprint density at radius 1 is 1.19 bits per heavy atom. The van der Waals surface area contributed by atoms with Crippen LogP contribution in [0.15, 0.2) is 24.3 Å². The number of carbonyl (C=O) groups excluding carboxylic acids is 1. The number of rotatable bonds is 2. The number of piperidine rings is 1. The van der Waals surface area contributed by atoms with Gasteiger partial charge in [0.05, 0.1) is 17.6 Å². The van der Waals surface area contributed by atoms with E-state index < -0.39 is 0 Å². The number of nitrogens with zero attached hydrogens (tertiary/aromatic N) is 2. The van der Waals surface area contributed by atoms with Gasteiger partial charge in [-0.15, -0.1) is 0 Å². The average Bonchev–Trinajstić information content (AvgIpc) is 3.06. The summed E-state index contributed by atoms with van der Waals surface area (Å²) in [7, 11) is 0. The monoisotopic (exact) mass is 283 g/mol. The number of hydrogen-bond donors (Lipinski definition) is 1. The lowest BCUT2D eigenvalue weighted by Crippen LogP contribution is -2.41. The first kappa shape index (κ1) is 13.0. The van der Waals surface area contributed by atoms with Crippen molar-refractivity contribution in [2.45, 2.75) is 38.6 Å². The Bertz CT molecular complexity index is 634. The van der Waals surface area contributed by atoms with Crippen LogP contribution in [-0.4, -0.2) is 33.7 Å². The van der Waals surface area contributed by atoms with Crippen LogP contribution in [0.25, 0.3) is 11.0 Å². The van der Waals surface area contributed by atoms with Gasteiger partial charge in [0, 0.05) is 11.8 Å². The summed E-state index contributed by atoms with van der Waals surface area (Å²) in [5.74, 6) is 1.55. The molecule has 2 heterocycles. The molecule has 1 saturated carbocycles. The SMILES string of the molecule is O=C1CCCC12CCN(Cc1nc3ccccc3[nH]1)CC2. The highest BCUT2D eigenvalue weighted by molar-refractivity contribution is 5.86. The van der Waals surface area contributed by atoms with Gasteiger partial charge >= 0.3 is 0 Å². The van der Waals surface area contributed by atoms with Gasteiger partial charge in [0.15, 0.2) is 0 Å². The Balaban J connectivity index is 1.43. The van der Waals surface area contributed by atoms with Crippen molar-refractivity contribution < 1.29 is 4.79 Å². The fourth-order valence-corrected chi connectivity index (χ4v) is 3.95. The lowest BCUT2D eigenvalue weighted by atomic mass is 9.76. The summed E-state index contributed by atoms with van der Waals surface area (Å²) in [6.07, 6.45) is 5.09. The van der Waals surface area contributed by atoms with E-state index in [1.54, 1.807) is 0 Å². The highest BCUT2D eigenvalue weighted by atomic mass is 16.1. The number of para-hydroxylation sites is 2. The molecule has 2 aliphatic rings. The average molecular weight is 283 g/mol. The Hall–Kier alpha value is -1.68. The lowest BCUT2D eigenvalue weighted by molar-refractivity contribution is -0.128. The number of Topliss-reactive ketones (excluding diaryl/α,β-unsaturated/α-hetero) is 1. The molecular formula is C17H21N3O. The van der Waals surface area contributed by atoms with Crippen LogP contribution < -0.4 is 0 Å². The quantitative estimate of drug-likeness (QED) is 0.922. The van der Waals surface area contributed by atoms with Crippen LogP contribution in [0.1, 0.15) is 37.9 Å². The number of benzene rings is 1. The number of carbonyl (C=O) groups is 1. The van der Waals surface area contributed by atoms with Crippen LogP contribution in [0.2, 0.25) is 0 Å². The number of aromatic amines is 1. The van der Waals surface area contributed by atoms with E-state index in [4.69, 9.17) is 0 Å². The summed E-state index contributed by atoms with van der Waals surface area (Å²) in [4.78, 5) is 22.6. The van der Waals surface area contributed by atoms with Gasteiger partial charge in [-0.25, -0.2) is 4.98 Å². The standard InChI is InChI=1S/C17H21N3O/c21-15-6-3-7-17(15)8-10-20(11-9-17)12-16-18-13-4-1-2-5-14(13)19-16/h1-2,4-5H,3,6-12H2,(H,18,19). The third kappa shape index (κ3) is 2.27. The summed E-state index contributed by atoms with van der Waals surface area (Å²) < 4.78 is 0. The Morgan fingerprint density at radius 2 is 2.00 bits per heavy atom. The molecule has 2 fully saturated rings. The number of fused-ring (bicyclic) bond motifs is 1. The first-order valence-electron chi connectivity index (χ1n) is 7.95. The predicted molar refractivity (Wildman–Crippen MR) is 81.9 cm³/mol. The summed E-state index contributed by atoms with van der Waals surface area (Å²) >= 11 is 0. The van der Waals surface area contributed by atoms with Crippen LogP contribution in [0.5, 0.6) is 0 Å². The normalized spacial score (nSPS) is 22.4. The number of aromatic nitrogens is 2. The third-order valence-corrected chi connectivity index (χ3v) is 5.28. The zero-order valence-electron chi connectivity index (χ0n) is 12.3. The second kappa shape index (κ2) is 4.95. The summed E-state index contributed by atoms with van der Waals surface area (Å²) in [5, 5.41) is 0. The van der Waals surface area contributed by atoms with E-state index >= 15 is 0 Å². The van der Waals surface area contributed by atoms with Crippen LogP contribution in [0.3, 0.4) is 0 Å². The lowest BCUT2D eigenvalue weighted by Gasteiger charge is -2.37. The molecule has 0 amide bonds. The molecular weight excluding hydrogens is 262 g/mol. The first-order chi connectivity index (χ1) is 10.3. The minimum absolute atomic E-state index is 0.0321. The van der Waals surface area contributed by atoms with Crippen molar-refractivity contribution in [2.24, 2.45) is 5.41 Å². The molecule has 4 nitrogen and oxygen atoms in total. The van der Waals surface area contributed by atoms with Crippen LogP contribution in [0.4, 0.5) is 0 Å². The largest absolute Gasteiger partial charge is 0.341 e. The minimum Gasteiger partial charge on any atom is -0.341 e. The fraction of sp³-hybridized carbons (Fsp3) is 0.529. The maximum atomic E-state index is 12.1. The molecule has 4 rings (SSSR count). The van der Waals surface area contributed by atoms with E-state index in [0.717, 1.165) is 68.6 Å². The first-order valence-corrected chi connectivity index (χ1v) is 7.95. The maximum absolute atomic E-state index is 12.1. The molecule has 1 spiro atoms. The van der Waals surface area contributed by atoms with Crippen molar-refractivity contribution in [3.63, 3.8) is 0 Å². The van der Waals surface area contributed by atoms with Gasteiger partial charge in [-0.3, -0.25) is 9.69 Å². The minimum atomic E-state index is 0.0321. The fourth-order valence-electron chi connectivity index (χ4n) is 3.95. The van der Waals surface area contributed by atoms with Crippen LogP contribution in [-0.2, 0) is 11.3 Å². The van der Waals surface area contributed by atoms with Gasteiger partial charge in [0.2, 0.25) is 0 Å². The smallest absolute Gasteiger partial charge is 0.139 e. The van der Waals surface area contributed by atoms with E-state index in [9.17, 15) is 4.79 Å². The van der Waals surface area contributed by atoms with Gasteiger partial charge < -0.3 is 4.98 Å². The molecule has 0 radical (unpaired) electrons. The molecule has 1 aliphatic carbocycles. The van der Waals surface area contributed by atoms with Crippen LogP contribution >= 0.6 is 0 Å². The van der Waals surface area contributed by atoms with Crippen molar-refractivity contribution in [1.82, 2.24) is 14.9 Å². The predicted octanol–water partition coefficient (Wildman–Crippen LogP) is 2.90. The number of imidazole rings is 1. The summed E-state index contributed by atoms with van der Waals surface area (Å²) in [6.45, 7) is 2.89. The van der Waals surface area contributed by atoms with E-state index in [1.165, 1.54) is 0 Å². The Kier molecular flexibility index (Phi) is 3.07. The molecule has 1 N–H and O–H groups in total. The topological polar surface area (TPSA) is 49.0 Å². The number of H-pyrrole nitrogens is 1. The summed E-state index contributed by atoms with van der Waals surface area (Å²) in [5.41, 5.74) is 2.17. The molecule has 2 aromatic rings. The van der Waals surface area contributed by atoms with Crippen molar-refractivity contribution >= 4 is 16.8 Å². The van der Waals surface area contributed by atoms with E-state index in [-0.39, 0.29) is 5.41 Å². The van der Waals surface area contributed by atoms with Gasteiger partial charge in [-0.1, -0.05) is 12.1 Å². The molecule has 1 aliphatic heterocycles. The number of ketones is 1. The highest BCUT2D eigenvalue weighted by Gasteiger charge is 2.43. The van der Waals surface area contributed by atoms with Crippen molar-refractivity contribution in [3.8, 4) is 0 Å². The maximum Gasteiger partial charge on any atom is 0.139 e. The second-order valence-corrected chi connectivity index (χ2v) is 6.53. The van der Waals surface area contributed by atoms with Gasteiger partial charge in [-0.2, -0.15) is 0 Å². The second-order valence-electron chi connectivity index (χ2n) is 6.53. The van der Waals surface area contributed by atoms with Crippen molar-refractivity contribution in [1.29, 1.82) is 0 Å². The van der Waals surface area contributed by atoms with Crippen molar-refractivity contribution in [2.75, 3.05) is 13.1 Å². The number of likely N-dealkylation sites (tertiary alicyclic amines) is 1. The molecule has 1 aromatic heterocycles. The Morgan fingerprint density at radius 3 is 2.71 bits per heavy atom. The van der Waals surface area contributed by atoms with Gasteiger partial charge in [0.1, 0.15) is 11.6 Å². The molecule has 1 aromatic carbocycles. The molecule has 21 heavy (non-hydrogen) atoms. The van der Waals surface area contributed by atoms with Gasteiger partial charge in [-0.05, 0) is 50.9 Å². The highest BCUT2D eigenvalue weighted by Crippen LogP contribution is 2.43. The van der Waals surface area contributed by atoms with Crippen LogP contribution in [0, 0.1) is 5.41 Å². The molecule has 4 heteroatoms. The zero-order valence-corrected chi connectivity index (χ0v) is 12.3.